The Morgan fingerprint density at radius 3 is 2.48 bits per heavy atom. The van der Waals surface area contributed by atoms with Gasteiger partial charge in [-0.25, -0.2) is 0 Å². The van der Waals surface area contributed by atoms with Gasteiger partial charge in [-0.3, -0.25) is 14.8 Å². The van der Waals surface area contributed by atoms with E-state index in [-0.39, 0.29) is 11.9 Å². The van der Waals surface area contributed by atoms with Gasteiger partial charge in [-0.15, -0.1) is 11.6 Å². The number of alkyl halides is 1. The minimum absolute atomic E-state index is 0.0110. The predicted molar refractivity (Wildman–Crippen MR) is 85.7 cm³/mol. The van der Waals surface area contributed by atoms with E-state index in [1.165, 1.54) is 0 Å². The molecular weight excluding hydrogens is 286 g/mol. The van der Waals surface area contributed by atoms with Crippen molar-refractivity contribution in [1.82, 2.24) is 14.9 Å². The molecule has 1 aromatic heterocycles. The molecule has 0 N–H and O–H groups in total. The predicted octanol–water partition coefficient (Wildman–Crippen LogP) is 3.50. The highest BCUT2D eigenvalue weighted by atomic mass is 35.5. The first-order valence-corrected chi connectivity index (χ1v) is 7.82. The van der Waals surface area contributed by atoms with E-state index in [0.29, 0.717) is 18.0 Å². The van der Waals surface area contributed by atoms with Crippen molar-refractivity contribution in [3.8, 4) is 0 Å². The Morgan fingerprint density at radius 1 is 1.19 bits per heavy atom. The van der Waals surface area contributed by atoms with E-state index < -0.39 is 0 Å². The van der Waals surface area contributed by atoms with Crippen LogP contribution in [0.3, 0.4) is 0 Å². The molecule has 0 unspecified atom stereocenters. The monoisotopic (exact) mass is 305 g/mol. The zero-order chi connectivity index (χ0) is 15.2. The van der Waals surface area contributed by atoms with Gasteiger partial charge in [0, 0.05) is 36.4 Å². The zero-order valence-corrected chi connectivity index (χ0v) is 13.2. The smallest absolute Gasteiger partial charge is 0.254 e. The third kappa shape index (κ3) is 3.50. The Morgan fingerprint density at radius 2 is 1.86 bits per heavy atom. The minimum atomic E-state index is 0.0110. The number of carbonyl (C=O) groups excluding carboxylic acids is 1. The fourth-order valence-electron chi connectivity index (χ4n) is 2.53. The molecule has 5 heteroatoms. The Hall–Kier alpha value is -1.68. The molecule has 2 rings (SSSR count). The highest BCUT2D eigenvalue weighted by Gasteiger charge is 2.22. The summed E-state index contributed by atoms with van der Waals surface area (Å²) in [6.45, 7) is 4.74. The Labute approximate surface area is 130 Å². The van der Waals surface area contributed by atoms with Gasteiger partial charge in [-0.05, 0) is 31.0 Å². The summed E-state index contributed by atoms with van der Waals surface area (Å²) < 4.78 is 0. The van der Waals surface area contributed by atoms with Crippen LogP contribution in [0.5, 0.6) is 0 Å². The van der Waals surface area contributed by atoms with Crippen LogP contribution >= 0.6 is 11.6 Å². The number of rotatable bonds is 6. The molecule has 2 aromatic rings. The van der Waals surface area contributed by atoms with Gasteiger partial charge >= 0.3 is 0 Å². The molecule has 0 fully saturated rings. The lowest BCUT2D eigenvalue weighted by Crippen LogP contribution is -2.41. The Kier molecular flexibility index (Phi) is 5.51. The first kappa shape index (κ1) is 15.7. The van der Waals surface area contributed by atoms with Crippen LogP contribution in [0.1, 0.15) is 37.0 Å². The molecule has 21 heavy (non-hydrogen) atoms. The molecule has 0 spiro atoms. The summed E-state index contributed by atoms with van der Waals surface area (Å²) in [5.41, 5.74) is 2.17. The third-order valence-electron chi connectivity index (χ3n) is 3.69. The van der Waals surface area contributed by atoms with E-state index in [2.05, 4.69) is 23.8 Å². The van der Waals surface area contributed by atoms with Crippen molar-refractivity contribution in [3.63, 3.8) is 0 Å². The second kappa shape index (κ2) is 7.36. The van der Waals surface area contributed by atoms with Crippen LogP contribution in [0, 0.1) is 0 Å². The molecule has 112 valence electrons. The summed E-state index contributed by atoms with van der Waals surface area (Å²) in [6, 6.07) is 5.66. The minimum Gasteiger partial charge on any atom is -0.334 e. The number of hydrogen-bond donors (Lipinski definition) is 0. The van der Waals surface area contributed by atoms with Gasteiger partial charge in [-0.2, -0.15) is 0 Å². The maximum Gasteiger partial charge on any atom is 0.254 e. The van der Waals surface area contributed by atoms with Crippen LogP contribution in [-0.4, -0.2) is 39.2 Å². The van der Waals surface area contributed by atoms with Crippen molar-refractivity contribution in [2.24, 2.45) is 0 Å². The first-order valence-electron chi connectivity index (χ1n) is 7.29. The van der Waals surface area contributed by atoms with Crippen LogP contribution in [0.15, 0.2) is 30.6 Å². The summed E-state index contributed by atoms with van der Waals surface area (Å²) in [7, 11) is 0. The lowest BCUT2D eigenvalue weighted by Gasteiger charge is -2.30. The molecule has 1 amide bonds. The summed E-state index contributed by atoms with van der Waals surface area (Å²) in [5.74, 6) is 0.451. The standard InChI is InChI=1S/C16H20ClN3O/c1-3-13(4-2)20(10-7-17)16(21)12-5-6-14-15(11-12)19-9-8-18-14/h5-6,8-9,11,13H,3-4,7,10H2,1-2H3. The molecule has 0 aliphatic rings. The molecule has 0 aliphatic carbocycles. The van der Waals surface area contributed by atoms with Crippen molar-refractivity contribution in [2.75, 3.05) is 12.4 Å². The maximum atomic E-state index is 12.8. The number of fused-ring (bicyclic) bond motifs is 1. The maximum absolute atomic E-state index is 12.8. The van der Waals surface area contributed by atoms with Gasteiger partial charge in [0.05, 0.1) is 11.0 Å². The molecule has 1 heterocycles. The molecule has 0 saturated heterocycles. The zero-order valence-electron chi connectivity index (χ0n) is 12.4. The number of hydrogen-bond acceptors (Lipinski definition) is 3. The topological polar surface area (TPSA) is 46.1 Å². The number of aromatic nitrogens is 2. The number of carbonyl (C=O) groups is 1. The largest absolute Gasteiger partial charge is 0.334 e. The quantitative estimate of drug-likeness (QED) is 0.767. The molecule has 0 bridgehead atoms. The molecule has 0 aliphatic heterocycles. The van der Waals surface area contributed by atoms with Gasteiger partial charge in [0.15, 0.2) is 0 Å². The van der Waals surface area contributed by atoms with Gasteiger partial charge in [0.25, 0.3) is 5.91 Å². The third-order valence-corrected chi connectivity index (χ3v) is 3.85. The van der Waals surface area contributed by atoms with Gasteiger partial charge in [0.2, 0.25) is 0 Å². The van der Waals surface area contributed by atoms with Gasteiger partial charge in [-0.1, -0.05) is 13.8 Å². The highest BCUT2D eigenvalue weighted by Crippen LogP contribution is 2.17. The van der Waals surface area contributed by atoms with E-state index in [4.69, 9.17) is 11.6 Å². The van der Waals surface area contributed by atoms with E-state index in [0.717, 1.165) is 23.9 Å². The van der Waals surface area contributed by atoms with Crippen molar-refractivity contribution < 1.29 is 4.79 Å². The van der Waals surface area contributed by atoms with Crippen LogP contribution in [0.2, 0.25) is 0 Å². The SMILES string of the molecule is CCC(CC)N(CCCl)C(=O)c1ccc2nccnc2c1. The molecule has 4 nitrogen and oxygen atoms in total. The summed E-state index contributed by atoms with van der Waals surface area (Å²) in [6.07, 6.45) is 5.13. The first-order chi connectivity index (χ1) is 10.2. The average Bonchev–Trinajstić information content (AvgIpc) is 2.54. The van der Waals surface area contributed by atoms with E-state index in [9.17, 15) is 4.79 Å². The number of halogens is 1. The molecule has 0 radical (unpaired) electrons. The fraction of sp³-hybridized carbons (Fsp3) is 0.438. The van der Waals surface area contributed by atoms with Crippen molar-refractivity contribution >= 4 is 28.5 Å². The van der Waals surface area contributed by atoms with Crippen molar-refractivity contribution in [1.29, 1.82) is 0 Å². The Balaban J connectivity index is 2.33. The lowest BCUT2D eigenvalue weighted by molar-refractivity contribution is 0.0682. The molecule has 0 saturated carbocycles. The second-order valence-electron chi connectivity index (χ2n) is 4.92. The van der Waals surface area contributed by atoms with Gasteiger partial charge < -0.3 is 4.90 Å². The highest BCUT2D eigenvalue weighted by molar-refractivity contribution is 6.18. The fourth-order valence-corrected chi connectivity index (χ4v) is 2.71. The summed E-state index contributed by atoms with van der Waals surface area (Å²) in [4.78, 5) is 23.1. The van der Waals surface area contributed by atoms with E-state index in [1.54, 1.807) is 18.5 Å². The lowest BCUT2D eigenvalue weighted by atomic mass is 10.1. The summed E-state index contributed by atoms with van der Waals surface area (Å²) >= 11 is 5.86. The van der Waals surface area contributed by atoms with Crippen molar-refractivity contribution in [2.45, 2.75) is 32.7 Å². The van der Waals surface area contributed by atoms with Crippen LogP contribution in [0.25, 0.3) is 11.0 Å². The van der Waals surface area contributed by atoms with Crippen LogP contribution in [-0.2, 0) is 0 Å². The average molecular weight is 306 g/mol. The summed E-state index contributed by atoms with van der Waals surface area (Å²) in [5, 5.41) is 0. The molecule has 1 aromatic carbocycles. The number of benzene rings is 1. The Bertz CT molecular complexity index is 613. The normalized spacial score (nSPS) is 11.0. The number of amides is 1. The van der Waals surface area contributed by atoms with Crippen molar-refractivity contribution in [3.05, 3.63) is 36.2 Å². The second-order valence-corrected chi connectivity index (χ2v) is 5.30. The van der Waals surface area contributed by atoms with Crippen LogP contribution < -0.4 is 0 Å². The number of nitrogens with zero attached hydrogens (tertiary/aromatic N) is 3. The van der Waals surface area contributed by atoms with Crippen LogP contribution in [0.4, 0.5) is 0 Å². The molecule has 0 atom stereocenters. The van der Waals surface area contributed by atoms with E-state index >= 15 is 0 Å². The molecular formula is C16H20ClN3O. The van der Waals surface area contributed by atoms with E-state index in [1.807, 2.05) is 17.0 Å². The van der Waals surface area contributed by atoms with Gasteiger partial charge in [0.1, 0.15) is 0 Å².